The molecule has 0 aromatic carbocycles. The molecule has 0 aliphatic heterocycles. The lowest BCUT2D eigenvalue weighted by Gasteiger charge is -2.10. The molecule has 1 heterocycles. The normalized spacial score (nSPS) is 10.4. The molecule has 0 spiro atoms. The molecule has 0 amide bonds. The number of carboxylic acids is 1. The van der Waals surface area contributed by atoms with E-state index in [2.05, 4.69) is 9.88 Å². The number of nitrogens with zero attached hydrogens (tertiary/aromatic N) is 2. The van der Waals surface area contributed by atoms with Gasteiger partial charge in [-0.1, -0.05) is 0 Å². The van der Waals surface area contributed by atoms with Crippen LogP contribution in [0.25, 0.3) is 0 Å². The summed E-state index contributed by atoms with van der Waals surface area (Å²) in [6, 6.07) is 1.48. The van der Waals surface area contributed by atoms with Gasteiger partial charge in [-0.15, -0.1) is 0 Å². The van der Waals surface area contributed by atoms with Crippen LogP contribution >= 0.6 is 0 Å². The predicted molar refractivity (Wildman–Crippen MR) is 59.9 cm³/mol. The first kappa shape index (κ1) is 12.4. The maximum atomic E-state index is 10.7. The molecule has 0 saturated heterocycles. The van der Waals surface area contributed by atoms with E-state index in [0.717, 1.165) is 13.0 Å². The summed E-state index contributed by atoms with van der Waals surface area (Å²) in [6.45, 7) is 1.50. The smallest absolute Gasteiger partial charge is 0.337 e. The molecule has 16 heavy (non-hydrogen) atoms. The van der Waals surface area contributed by atoms with Crippen molar-refractivity contribution in [2.75, 3.05) is 27.2 Å². The summed E-state index contributed by atoms with van der Waals surface area (Å²) in [4.78, 5) is 16.5. The van der Waals surface area contributed by atoms with E-state index >= 15 is 0 Å². The van der Waals surface area contributed by atoms with E-state index in [4.69, 9.17) is 9.84 Å². The Kier molecular flexibility index (Phi) is 4.72. The van der Waals surface area contributed by atoms with Crippen LogP contribution < -0.4 is 4.74 Å². The lowest BCUT2D eigenvalue weighted by Crippen LogP contribution is -2.15. The Morgan fingerprint density at radius 3 is 2.88 bits per heavy atom. The third-order valence-corrected chi connectivity index (χ3v) is 1.98. The minimum atomic E-state index is -0.994. The highest BCUT2D eigenvalue weighted by Gasteiger charge is 2.04. The highest BCUT2D eigenvalue weighted by atomic mass is 16.5. The molecule has 5 heteroatoms. The fraction of sp³-hybridized carbons (Fsp3) is 0.455. The van der Waals surface area contributed by atoms with Gasteiger partial charge in [-0.25, -0.2) is 4.79 Å². The number of rotatable bonds is 6. The number of hydrogen-bond donors (Lipinski definition) is 1. The largest absolute Gasteiger partial charge is 0.492 e. The van der Waals surface area contributed by atoms with Gasteiger partial charge < -0.3 is 14.7 Å². The predicted octanol–water partition coefficient (Wildman–Crippen LogP) is 1.11. The van der Waals surface area contributed by atoms with Crippen LogP contribution in [0.5, 0.6) is 5.75 Å². The molecule has 1 rings (SSSR count). The SMILES string of the molecule is CN(C)CCCOc1cncc(C(=O)O)c1. The third kappa shape index (κ3) is 4.27. The van der Waals surface area contributed by atoms with E-state index in [1.807, 2.05) is 14.1 Å². The number of hydrogen-bond acceptors (Lipinski definition) is 4. The van der Waals surface area contributed by atoms with Gasteiger partial charge >= 0.3 is 5.97 Å². The summed E-state index contributed by atoms with van der Waals surface area (Å²) < 4.78 is 5.39. The molecule has 0 saturated carbocycles. The van der Waals surface area contributed by atoms with E-state index < -0.39 is 5.97 Å². The molecule has 0 bridgehead atoms. The summed E-state index contributed by atoms with van der Waals surface area (Å²) in [7, 11) is 3.99. The topological polar surface area (TPSA) is 62.7 Å². The zero-order valence-corrected chi connectivity index (χ0v) is 9.51. The van der Waals surface area contributed by atoms with Crippen LogP contribution in [0.3, 0.4) is 0 Å². The molecule has 0 unspecified atom stereocenters. The van der Waals surface area contributed by atoms with E-state index in [0.29, 0.717) is 12.4 Å². The Hall–Kier alpha value is -1.62. The fourth-order valence-corrected chi connectivity index (χ4v) is 1.19. The van der Waals surface area contributed by atoms with Gasteiger partial charge in [0.05, 0.1) is 18.4 Å². The van der Waals surface area contributed by atoms with Crippen LogP contribution in [-0.4, -0.2) is 48.2 Å². The van der Waals surface area contributed by atoms with Crippen LogP contribution in [0.1, 0.15) is 16.8 Å². The minimum absolute atomic E-state index is 0.144. The zero-order chi connectivity index (χ0) is 12.0. The Morgan fingerprint density at radius 2 is 2.25 bits per heavy atom. The maximum absolute atomic E-state index is 10.7. The van der Waals surface area contributed by atoms with E-state index in [1.54, 1.807) is 0 Å². The summed E-state index contributed by atoms with van der Waals surface area (Å²) in [5, 5.41) is 8.75. The van der Waals surface area contributed by atoms with Gasteiger partial charge in [-0.3, -0.25) is 4.98 Å². The molecule has 1 aromatic heterocycles. The molecule has 0 radical (unpaired) electrons. The molecule has 88 valence electrons. The lowest BCUT2D eigenvalue weighted by atomic mass is 10.3. The highest BCUT2D eigenvalue weighted by Crippen LogP contribution is 2.11. The van der Waals surface area contributed by atoms with Crippen molar-refractivity contribution in [1.29, 1.82) is 0 Å². The van der Waals surface area contributed by atoms with Crippen molar-refractivity contribution in [2.24, 2.45) is 0 Å². The minimum Gasteiger partial charge on any atom is -0.492 e. The Balaban J connectivity index is 2.42. The second-order valence-corrected chi connectivity index (χ2v) is 3.72. The van der Waals surface area contributed by atoms with Crippen molar-refractivity contribution in [1.82, 2.24) is 9.88 Å². The van der Waals surface area contributed by atoms with E-state index in [-0.39, 0.29) is 5.56 Å². The molecule has 0 aliphatic carbocycles. The Bertz CT molecular complexity index is 353. The van der Waals surface area contributed by atoms with Crippen LogP contribution in [-0.2, 0) is 0 Å². The molecule has 1 N–H and O–H groups in total. The molecule has 5 nitrogen and oxygen atoms in total. The Morgan fingerprint density at radius 1 is 1.50 bits per heavy atom. The van der Waals surface area contributed by atoms with Gasteiger partial charge in [-0.2, -0.15) is 0 Å². The molecule has 0 aliphatic rings. The van der Waals surface area contributed by atoms with Crippen molar-refractivity contribution in [2.45, 2.75) is 6.42 Å². The fourth-order valence-electron chi connectivity index (χ4n) is 1.19. The first-order valence-corrected chi connectivity index (χ1v) is 5.05. The average Bonchev–Trinajstić information content (AvgIpc) is 2.24. The van der Waals surface area contributed by atoms with Crippen molar-refractivity contribution in [3.8, 4) is 5.75 Å². The molecule has 1 aromatic rings. The first-order chi connectivity index (χ1) is 7.59. The van der Waals surface area contributed by atoms with E-state index in [1.165, 1.54) is 18.5 Å². The average molecular weight is 224 g/mol. The molecular weight excluding hydrogens is 208 g/mol. The van der Waals surface area contributed by atoms with Gasteiger partial charge in [0.25, 0.3) is 0 Å². The van der Waals surface area contributed by atoms with Gasteiger partial charge in [-0.05, 0) is 26.6 Å². The number of aromatic nitrogens is 1. The van der Waals surface area contributed by atoms with Gasteiger partial charge in [0.15, 0.2) is 0 Å². The summed E-state index contributed by atoms with van der Waals surface area (Å²) >= 11 is 0. The van der Waals surface area contributed by atoms with Crippen molar-refractivity contribution in [3.05, 3.63) is 24.0 Å². The standard InChI is InChI=1S/C11H16N2O3/c1-13(2)4-3-5-16-10-6-9(11(14)15)7-12-8-10/h6-8H,3-5H2,1-2H3,(H,14,15). The van der Waals surface area contributed by atoms with Gasteiger partial charge in [0.1, 0.15) is 5.75 Å². The molecule has 0 fully saturated rings. The lowest BCUT2D eigenvalue weighted by molar-refractivity contribution is 0.0696. The van der Waals surface area contributed by atoms with Gasteiger partial charge in [0.2, 0.25) is 0 Å². The van der Waals surface area contributed by atoms with E-state index in [9.17, 15) is 4.79 Å². The van der Waals surface area contributed by atoms with Gasteiger partial charge in [0, 0.05) is 12.7 Å². The first-order valence-electron chi connectivity index (χ1n) is 5.05. The van der Waals surface area contributed by atoms with Crippen LogP contribution in [0.2, 0.25) is 0 Å². The maximum Gasteiger partial charge on any atom is 0.337 e. The second kappa shape index (κ2) is 6.07. The van der Waals surface area contributed by atoms with Crippen molar-refractivity contribution < 1.29 is 14.6 Å². The van der Waals surface area contributed by atoms with Crippen molar-refractivity contribution in [3.63, 3.8) is 0 Å². The second-order valence-electron chi connectivity index (χ2n) is 3.72. The van der Waals surface area contributed by atoms with Crippen LogP contribution in [0, 0.1) is 0 Å². The number of carboxylic acid groups (broad SMARTS) is 1. The molecular formula is C11H16N2O3. The summed E-state index contributed by atoms with van der Waals surface area (Å²) in [5.74, 6) is -0.495. The summed E-state index contributed by atoms with van der Waals surface area (Å²) in [5.41, 5.74) is 0.144. The summed E-state index contributed by atoms with van der Waals surface area (Å²) in [6.07, 6.45) is 3.71. The number of ether oxygens (including phenoxy) is 1. The third-order valence-electron chi connectivity index (χ3n) is 1.98. The Labute approximate surface area is 94.7 Å². The number of pyridine rings is 1. The van der Waals surface area contributed by atoms with Crippen LogP contribution in [0.15, 0.2) is 18.5 Å². The number of carbonyl (C=O) groups is 1. The zero-order valence-electron chi connectivity index (χ0n) is 9.51. The van der Waals surface area contributed by atoms with Crippen molar-refractivity contribution >= 4 is 5.97 Å². The number of aromatic carboxylic acids is 1. The molecule has 0 atom stereocenters. The monoisotopic (exact) mass is 224 g/mol. The van der Waals surface area contributed by atoms with Crippen LogP contribution in [0.4, 0.5) is 0 Å². The quantitative estimate of drug-likeness (QED) is 0.733. The highest BCUT2D eigenvalue weighted by molar-refractivity contribution is 5.87.